The number of methoxy groups -OCH3 is 3. The monoisotopic (exact) mass is 426 g/mol. The maximum Gasteiger partial charge on any atom is 0.253 e. The molecule has 0 saturated carbocycles. The Labute approximate surface area is 183 Å². The highest BCUT2D eigenvalue weighted by atomic mass is 16.5. The molecule has 1 aliphatic rings. The second kappa shape index (κ2) is 9.73. The minimum atomic E-state index is -0.520. The van der Waals surface area contributed by atoms with Gasteiger partial charge in [0.1, 0.15) is 17.2 Å². The molecule has 0 bridgehead atoms. The predicted octanol–water partition coefficient (Wildman–Crippen LogP) is 3.27. The van der Waals surface area contributed by atoms with Crippen LogP contribution in [0.1, 0.15) is 35.7 Å². The Morgan fingerprint density at radius 2 is 1.55 bits per heavy atom. The fourth-order valence-electron chi connectivity index (χ4n) is 3.73. The molecule has 0 aromatic heterocycles. The van der Waals surface area contributed by atoms with E-state index >= 15 is 0 Å². The molecule has 0 aliphatic carbocycles. The molecule has 3 rings (SSSR count). The zero-order chi connectivity index (χ0) is 22.4. The number of nitrogens with zero attached hydrogens (tertiary/aromatic N) is 1. The molecule has 31 heavy (non-hydrogen) atoms. The number of amides is 2. The molecular weight excluding hydrogens is 396 g/mol. The molecule has 1 heterocycles. The number of benzene rings is 2. The molecule has 7 nitrogen and oxygen atoms in total. The van der Waals surface area contributed by atoms with E-state index in [9.17, 15) is 9.59 Å². The first-order chi connectivity index (χ1) is 14.9. The third-order valence-electron chi connectivity index (χ3n) is 5.88. The number of rotatable bonds is 7. The summed E-state index contributed by atoms with van der Waals surface area (Å²) in [6.07, 6.45) is 1.21. The van der Waals surface area contributed by atoms with Crippen molar-refractivity contribution >= 4 is 11.8 Å². The average Bonchev–Trinajstić information content (AvgIpc) is 2.82. The van der Waals surface area contributed by atoms with Crippen LogP contribution >= 0.6 is 0 Å². The molecule has 0 spiro atoms. The highest BCUT2D eigenvalue weighted by Gasteiger charge is 2.38. The third kappa shape index (κ3) is 5.29. The minimum Gasteiger partial charge on any atom is -0.497 e. The van der Waals surface area contributed by atoms with Crippen LogP contribution in [0, 0.1) is 5.41 Å². The minimum absolute atomic E-state index is 0.0113. The topological polar surface area (TPSA) is 77.1 Å². The first-order valence-electron chi connectivity index (χ1n) is 10.3. The zero-order valence-electron chi connectivity index (χ0n) is 18.6. The Morgan fingerprint density at radius 3 is 2.13 bits per heavy atom. The normalized spacial score (nSPS) is 15.2. The summed E-state index contributed by atoms with van der Waals surface area (Å²) in [6, 6.07) is 12.7. The van der Waals surface area contributed by atoms with Crippen LogP contribution in [0.2, 0.25) is 0 Å². The lowest BCUT2D eigenvalue weighted by molar-refractivity contribution is -0.132. The number of carbonyl (C=O) groups is 2. The number of nitrogens with one attached hydrogen (secondary N) is 1. The molecule has 1 N–H and O–H groups in total. The molecule has 2 amide bonds. The summed E-state index contributed by atoms with van der Waals surface area (Å²) in [7, 11) is 4.77. The summed E-state index contributed by atoms with van der Waals surface area (Å²) in [4.78, 5) is 27.6. The molecule has 7 heteroatoms. The summed E-state index contributed by atoms with van der Waals surface area (Å²) in [6.45, 7) is 3.41. The van der Waals surface area contributed by atoms with Gasteiger partial charge in [0.15, 0.2) is 0 Å². The molecule has 0 radical (unpaired) electrons. The average molecular weight is 427 g/mol. The Morgan fingerprint density at radius 1 is 0.935 bits per heavy atom. The number of likely N-dealkylation sites (tertiary alicyclic amines) is 1. The van der Waals surface area contributed by atoms with Gasteiger partial charge in [-0.25, -0.2) is 0 Å². The van der Waals surface area contributed by atoms with Crippen molar-refractivity contribution in [3.8, 4) is 17.2 Å². The molecule has 0 atom stereocenters. The van der Waals surface area contributed by atoms with Crippen LogP contribution in [-0.2, 0) is 11.3 Å². The molecule has 1 aliphatic heterocycles. The number of hydrogen-bond donors (Lipinski definition) is 1. The highest BCUT2D eigenvalue weighted by molar-refractivity contribution is 5.95. The second-order valence-electron chi connectivity index (χ2n) is 7.99. The van der Waals surface area contributed by atoms with Gasteiger partial charge in [-0.1, -0.05) is 13.0 Å². The number of ether oxygens (including phenoxy) is 3. The van der Waals surface area contributed by atoms with Crippen LogP contribution in [0.15, 0.2) is 42.5 Å². The van der Waals surface area contributed by atoms with Gasteiger partial charge in [-0.15, -0.1) is 0 Å². The van der Waals surface area contributed by atoms with Crippen molar-refractivity contribution < 1.29 is 23.8 Å². The van der Waals surface area contributed by atoms with Gasteiger partial charge in [0.25, 0.3) is 5.91 Å². The number of piperidine rings is 1. The van der Waals surface area contributed by atoms with Gasteiger partial charge in [0, 0.05) is 36.7 Å². The Balaban J connectivity index is 1.58. The fraction of sp³-hybridized carbons (Fsp3) is 0.417. The van der Waals surface area contributed by atoms with Gasteiger partial charge in [-0.05, 0) is 48.7 Å². The summed E-state index contributed by atoms with van der Waals surface area (Å²) in [5, 5.41) is 3.03. The van der Waals surface area contributed by atoms with E-state index in [0.717, 1.165) is 5.56 Å². The van der Waals surface area contributed by atoms with Crippen LogP contribution in [-0.4, -0.2) is 51.1 Å². The largest absolute Gasteiger partial charge is 0.497 e. The van der Waals surface area contributed by atoms with Crippen LogP contribution in [0.4, 0.5) is 0 Å². The summed E-state index contributed by atoms with van der Waals surface area (Å²) >= 11 is 0. The first-order valence-corrected chi connectivity index (χ1v) is 10.3. The van der Waals surface area contributed by atoms with Crippen molar-refractivity contribution in [1.82, 2.24) is 10.2 Å². The second-order valence-corrected chi connectivity index (χ2v) is 7.99. The Hall–Kier alpha value is -3.22. The van der Waals surface area contributed by atoms with Gasteiger partial charge in [0.2, 0.25) is 5.91 Å². The quantitative estimate of drug-likeness (QED) is 0.735. The van der Waals surface area contributed by atoms with Gasteiger partial charge in [-0.2, -0.15) is 0 Å². The molecule has 0 unspecified atom stereocenters. The Kier molecular flexibility index (Phi) is 7.05. The van der Waals surface area contributed by atoms with E-state index in [1.54, 1.807) is 50.5 Å². The van der Waals surface area contributed by atoms with E-state index in [4.69, 9.17) is 14.2 Å². The SMILES string of the molecule is COc1cc(CNC(=O)C2(C)CCN(C(=O)c3cccc(OC)c3)CC2)cc(OC)c1. The van der Waals surface area contributed by atoms with Gasteiger partial charge < -0.3 is 24.4 Å². The van der Waals surface area contributed by atoms with E-state index in [1.807, 2.05) is 25.1 Å². The van der Waals surface area contributed by atoms with Crippen LogP contribution in [0.25, 0.3) is 0 Å². The van der Waals surface area contributed by atoms with Crippen molar-refractivity contribution in [2.45, 2.75) is 26.3 Å². The maximum absolute atomic E-state index is 12.9. The molecule has 166 valence electrons. The van der Waals surface area contributed by atoms with Crippen LogP contribution in [0.5, 0.6) is 17.2 Å². The third-order valence-corrected chi connectivity index (χ3v) is 5.88. The fourth-order valence-corrected chi connectivity index (χ4v) is 3.73. The zero-order valence-corrected chi connectivity index (χ0v) is 18.6. The smallest absolute Gasteiger partial charge is 0.253 e. The van der Waals surface area contributed by atoms with Crippen molar-refractivity contribution in [1.29, 1.82) is 0 Å². The predicted molar refractivity (Wildman–Crippen MR) is 118 cm³/mol. The lowest BCUT2D eigenvalue weighted by Gasteiger charge is -2.38. The number of carbonyl (C=O) groups excluding carboxylic acids is 2. The molecule has 1 saturated heterocycles. The van der Waals surface area contributed by atoms with Crippen molar-refractivity contribution in [3.05, 3.63) is 53.6 Å². The highest BCUT2D eigenvalue weighted by Crippen LogP contribution is 2.32. The molecular formula is C24H30N2O5. The lowest BCUT2D eigenvalue weighted by Crippen LogP contribution is -2.48. The summed E-state index contributed by atoms with van der Waals surface area (Å²) in [5.74, 6) is 1.96. The first kappa shape index (κ1) is 22.5. The number of hydrogen-bond acceptors (Lipinski definition) is 5. The molecule has 2 aromatic carbocycles. The van der Waals surface area contributed by atoms with Crippen LogP contribution in [0.3, 0.4) is 0 Å². The van der Waals surface area contributed by atoms with E-state index in [1.165, 1.54) is 0 Å². The molecule has 1 fully saturated rings. The van der Waals surface area contributed by atoms with Gasteiger partial charge in [-0.3, -0.25) is 9.59 Å². The van der Waals surface area contributed by atoms with Gasteiger partial charge in [0.05, 0.1) is 21.3 Å². The van der Waals surface area contributed by atoms with E-state index in [0.29, 0.717) is 55.3 Å². The van der Waals surface area contributed by atoms with Crippen molar-refractivity contribution in [3.63, 3.8) is 0 Å². The van der Waals surface area contributed by atoms with Crippen molar-refractivity contribution in [2.75, 3.05) is 34.4 Å². The van der Waals surface area contributed by atoms with E-state index in [2.05, 4.69) is 5.32 Å². The van der Waals surface area contributed by atoms with E-state index in [-0.39, 0.29) is 11.8 Å². The molecule has 2 aromatic rings. The van der Waals surface area contributed by atoms with Crippen LogP contribution < -0.4 is 19.5 Å². The summed E-state index contributed by atoms with van der Waals surface area (Å²) in [5.41, 5.74) is 0.979. The van der Waals surface area contributed by atoms with E-state index < -0.39 is 5.41 Å². The maximum atomic E-state index is 12.9. The standard InChI is InChI=1S/C24H30N2O5/c1-24(23(28)25-16-17-12-20(30-3)15-21(13-17)31-4)8-10-26(11-9-24)22(27)18-6-5-7-19(14-18)29-2/h5-7,12-15H,8-11,16H2,1-4H3,(H,25,28). The lowest BCUT2D eigenvalue weighted by atomic mass is 9.79. The summed E-state index contributed by atoms with van der Waals surface area (Å²) < 4.78 is 15.8. The van der Waals surface area contributed by atoms with Crippen molar-refractivity contribution in [2.24, 2.45) is 5.41 Å². The van der Waals surface area contributed by atoms with Gasteiger partial charge >= 0.3 is 0 Å². The Bertz CT molecular complexity index is 913.